The standard InChI is InChI=1S/C13H26N2/c1-2-13-8-5-11-15(13)10-4-7-12-6-3-9-14-12/h12-14H,2-11H2,1H3. The lowest BCUT2D eigenvalue weighted by Gasteiger charge is -2.23. The Morgan fingerprint density at radius 2 is 2.20 bits per heavy atom. The molecular formula is C13H26N2. The van der Waals surface area contributed by atoms with Crippen molar-refractivity contribution in [3.05, 3.63) is 0 Å². The van der Waals surface area contributed by atoms with E-state index in [9.17, 15) is 0 Å². The van der Waals surface area contributed by atoms with E-state index in [1.807, 2.05) is 0 Å². The first kappa shape index (κ1) is 11.4. The summed E-state index contributed by atoms with van der Waals surface area (Å²) < 4.78 is 0. The Labute approximate surface area is 94.4 Å². The second-order valence-electron chi connectivity index (χ2n) is 5.18. The van der Waals surface area contributed by atoms with Crippen LogP contribution in [-0.2, 0) is 0 Å². The molecular weight excluding hydrogens is 184 g/mol. The van der Waals surface area contributed by atoms with Crippen molar-refractivity contribution in [3.63, 3.8) is 0 Å². The average Bonchev–Trinajstić information content (AvgIpc) is 2.88. The topological polar surface area (TPSA) is 15.3 Å². The molecule has 15 heavy (non-hydrogen) atoms. The van der Waals surface area contributed by atoms with Crippen molar-refractivity contribution < 1.29 is 0 Å². The first-order valence-corrected chi connectivity index (χ1v) is 6.87. The molecule has 0 aromatic rings. The molecule has 2 atom stereocenters. The van der Waals surface area contributed by atoms with Gasteiger partial charge < -0.3 is 10.2 Å². The zero-order valence-electron chi connectivity index (χ0n) is 10.2. The lowest BCUT2D eigenvalue weighted by atomic mass is 10.1. The molecule has 0 saturated carbocycles. The maximum absolute atomic E-state index is 3.59. The van der Waals surface area contributed by atoms with Gasteiger partial charge in [-0.15, -0.1) is 0 Å². The number of nitrogens with zero attached hydrogens (tertiary/aromatic N) is 1. The Bertz CT molecular complexity index is 175. The van der Waals surface area contributed by atoms with Crippen LogP contribution >= 0.6 is 0 Å². The zero-order chi connectivity index (χ0) is 10.5. The second kappa shape index (κ2) is 5.86. The SMILES string of the molecule is CCC1CCCN1CCCC1CCCN1. The van der Waals surface area contributed by atoms with Crippen LogP contribution in [0.4, 0.5) is 0 Å². The van der Waals surface area contributed by atoms with E-state index in [0.29, 0.717) is 0 Å². The van der Waals surface area contributed by atoms with E-state index >= 15 is 0 Å². The third-order valence-electron chi connectivity index (χ3n) is 4.13. The number of rotatable bonds is 5. The Kier molecular flexibility index (Phi) is 4.45. The fraction of sp³-hybridized carbons (Fsp3) is 1.00. The molecule has 0 bridgehead atoms. The van der Waals surface area contributed by atoms with Crippen molar-refractivity contribution in [2.75, 3.05) is 19.6 Å². The molecule has 2 nitrogen and oxygen atoms in total. The molecule has 0 aromatic heterocycles. The molecule has 2 unspecified atom stereocenters. The van der Waals surface area contributed by atoms with Gasteiger partial charge in [0.1, 0.15) is 0 Å². The molecule has 2 heteroatoms. The van der Waals surface area contributed by atoms with Crippen LogP contribution in [0.25, 0.3) is 0 Å². The van der Waals surface area contributed by atoms with Crippen molar-refractivity contribution in [2.24, 2.45) is 0 Å². The van der Waals surface area contributed by atoms with Crippen LogP contribution in [0.1, 0.15) is 51.9 Å². The molecule has 0 aromatic carbocycles. The summed E-state index contributed by atoms with van der Waals surface area (Å²) in [5, 5.41) is 3.59. The molecule has 2 rings (SSSR count). The predicted octanol–water partition coefficient (Wildman–Crippen LogP) is 2.39. The highest BCUT2D eigenvalue weighted by atomic mass is 15.2. The van der Waals surface area contributed by atoms with Crippen molar-refractivity contribution in [1.82, 2.24) is 10.2 Å². The van der Waals surface area contributed by atoms with Crippen LogP contribution in [0.5, 0.6) is 0 Å². The number of nitrogens with one attached hydrogen (secondary N) is 1. The molecule has 0 spiro atoms. The first-order valence-electron chi connectivity index (χ1n) is 6.87. The van der Waals surface area contributed by atoms with Gasteiger partial charge in [0.25, 0.3) is 0 Å². The number of likely N-dealkylation sites (tertiary alicyclic amines) is 1. The number of hydrogen-bond acceptors (Lipinski definition) is 2. The fourth-order valence-corrected chi connectivity index (χ4v) is 3.20. The smallest absolute Gasteiger partial charge is 0.00931 e. The van der Waals surface area contributed by atoms with Crippen molar-refractivity contribution in [2.45, 2.75) is 64.0 Å². The van der Waals surface area contributed by atoms with Gasteiger partial charge in [-0.2, -0.15) is 0 Å². The van der Waals surface area contributed by atoms with Gasteiger partial charge in [0.15, 0.2) is 0 Å². The van der Waals surface area contributed by atoms with Crippen LogP contribution in [-0.4, -0.2) is 36.6 Å². The summed E-state index contributed by atoms with van der Waals surface area (Å²) in [6.45, 7) is 6.29. The molecule has 0 aliphatic carbocycles. The maximum atomic E-state index is 3.59. The van der Waals surface area contributed by atoms with Gasteiger partial charge in [-0.1, -0.05) is 6.92 Å². The van der Waals surface area contributed by atoms with Gasteiger partial charge in [0.2, 0.25) is 0 Å². The van der Waals surface area contributed by atoms with Crippen molar-refractivity contribution in [3.8, 4) is 0 Å². The summed E-state index contributed by atoms with van der Waals surface area (Å²) in [5.74, 6) is 0. The Hall–Kier alpha value is -0.0800. The Morgan fingerprint density at radius 1 is 1.27 bits per heavy atom. The van der Waals surface area contributed by atoms with Crippen molar-refractivity contribution in [1.29, 1.82) is 0 Å². The van der Waals surface area contributed by atoms with Gasteiger partial charge in [0, 0.05) is 12.1 Å². The number of hydrogen-bond donors (Lipinski definition) is 1. The van der Waals surface area contributed by atoms with E-state index in [4.69, 9.17) is 0 Å². The molecule has 88 valence electrons. The Morgan fingerprint density at radius 3 is 2.93 bits per heavy atom. The summed E-state index contributed by atoms with van der Waals surface area (Å²) in [4.78, 5) is 2.72. The van der Waals surface area contributed by atoms with Gasteiger partial charge in [0.05, 0.1) is 0 Å². The first-order chi connectivity index (χ1) is 7.40. The minimum Gasteiger partial charge on any atom is -0.314 e. The van der Waals surface area contributed by atoms with E-state index in [1.165, 1.54) is 64.6 Å². The van der Waals surface area contributed by atoms with E-state index < -0.39 is 0 Å². The van der Waals surface area contributed by atoms with E-state index in [2.05, 4.69) is 17.1 Å². The highest BCUT2D eigenvalue weighted by molar-refractivity contribution is 4.79. The molecule has 1 N–H and O–H groups in total. The normalized spacial score (nSPS) is 32.6. The lowest BCUT2D eigenvalue weighted by molar-refractivity contribution is 0.240. The van der Waals surface area contributed by atoms with Crippen LogP contribution in [0.15, 0.2) is 0 Å². The monoisotopic (exact) mass is 210 g/mol. The Balaban J connectivity index is 1.60. The summed E-state index contributed by atoms with van der Waals surface area (Å²) in [5.41, 5.74) is 0. The van der Waals surface area contributed by atoms with E-state index in [1.54, 1.807) is 0 Å². The fourth-order valence-electron chi connectivity index (χ4n) is 3.20. The molecule has 2 aliphatic heterocycles. The van der Waals surface area contributed by atoms with Crippen LogP contribution in [0.2, 0.25) is 0 Å². The van der Waals surface area contributed by atoms with Gasteiger partial charge >= 0.3 is 0 Å². The third-order valence-corrected chi connectivity index (χ3v) is 4.13. The lowest BCUT2D eigenvalue weighted by Crippen LogP contribution is -2.31. The van der Waals surface area contributed by atoms with E-state index in [0.717, 1.165) is 12.1 Å². The predicted molar refractivity (Wildman–Crippen MR) is 65.1 cm³/mol. The van der Waals surface area contributed by atoms with Crippen LogP contribution in [0.3, 0.4) is 0 Å². The summed E-state index contributed by atoms with van der Waals surface area (Å²) in [6.07, 6.45) is 9.82. The minimum atomic E-state index is 0.840. The minimum absolute atomic E-state index is 0.840. The average molecular weight is 210 g/mol. The second-order valence-corrected chi connectivity index (χ2v) is 5.18. The maximum Gasteiger partial charge on any atom is 0.00931 e. The molecule has 2 aliphatic rings. The van der Waals surface area contributed by atoms with Gasteiger partial charge in [-0.3, -0.25) is 0 Å². The van der Waals surface area contributed by atoms with Crippen LogP contribution in [0, 0.1) is 0 Å². The summed E-state index contributed by atoms with van der Waals surface area (Å²) >= 11 is 0. The quantitative estimate of drug-likeness (QED) is 0.749. The van der Waals surface area contributed by atoms with Crippen LogP contribution < -0.4 is 5.32 Å². The van der Waals surface area contributed by atoms with Gasteiger partial charge in [-0.25, -0.2) is 0 Å². The summed E-state index contributed by atoms with van der Waals surface area (Å²) in [6, 6.07) is 1.74. The molecule has 2 heterocycles. The van der Waals surface area contributed by atoms with Gasteiger partial charge in [-0.05, 0) is 64.6 Å². The third kappa shape index (κ3) is 3.18. The highest BCUT2D eigenvalue weighted by Crippen LogP contribution is 2.20. The molecule has 0 amide bonds. The molecule has 2 saturated heterocycles. The molecule has 0 radical (unpaired) electrons. The van der Waals surface area contributed by atoms with E-state index in [-0.39, 0.29) is 0 Å². The van der Waals surface area contributed by atoms with Crippen molar-refractivity contribution >= 4 is 0 Å². The summed E-state index contributed by atoms with van der Waals surface area (Å²) in [7, 11) is 0. The zero-order valence-corrected chi connectivity index (χ0v) is 10.2. The highest BCUT2D eigenvalue weighted by Gasteiger charge is 2.22. The molecule has 2 fully saturated rings. The largest absolute Gasteiger partial charge is 0.314 e.